The standard InChI is InChI=1S/C14H20BrFN2/c1-10-8-11(6-7-18(10)2)17-9-12-13(15)4-3-5-14(12)16/h3-5,10-11,17H,6-9H2,1-2H3/t10-,11-/m0/s1. The smallest absolute Gasteiger partial charge is 0.128 e. The molecule has 1 fully saturated rings. The summed E-state index contributed by atoms with van der Waals surface area (Å²) in [4.78, 5) is 2.37. The van der Waals surface area contributed by atoms with Crippen molar-refractivity contribution in [1.82, 2.24) is 10.2 Å². The molecule has 4 heteroatoms. The minimum atomic E-state index is -0.141. The molecule has 0 radical (unpaired) electrons. The van der Waals surface area contributed by atoms with Crippen LogP contribution >= 0.6 is 15.9 Å². The lowest BCUT2D eigenvalue weighted by atomic mass is 9.98. The molecule has 1 aliphatic rings. The molecule has 1 aromatic rings. The van der Waals surface area contributed by atoms with Gasteiger partial charge < -0.3 is 10.2 Å². The fourth-order valence-corrected chi connectivity index (χ4v) is 2.90. The van der Waals surface area contributed by atoms with Crippen LogP contribution in [0.5, 0.6) is 0 Å². The van der Waals surface area contributed by atoms with Crippen LogP contribution in [0.15, 0.2) is 22.7 Å². The largest absolute Gasteiger partial charge is 0.310 e. The first-order chi connectivity index (χ1) is 8.58. The van der Waals surface area contributed by atoms with E-state index in [1.54, 1.807) is 6.07 Å². The maximum atomic E-state index is 13.7. The number of nitrogens with zero attached hydrogens (tertiary/aromatic N) is 1. The molecule has 1 heterocycles. The summed E-state index contributed by atoms with van der Waals surface area (Å²) in [5.74, 6) is -0.141. The first-order valence-electron chi connectivity index (χ1n) is 6.44. The highest BCUT2D eigenvalue weighted by Crippen LogP contribution is 2.21. The van der Waals surface area contributed by atoms with Crippen molar-refractivity contribution in [3.05, 3.63) is 34.1 Å². The molecule has 100 valence electrons. The van der Waals surface area contributed by atoms with Crippen molar-refractivity contribution in [2.24, 2.45) is 0 Å². The van der Waals surface area contributed by atoms with Gasteiger partial charge in [0.25, 0.3) is 0 Å². The van der Waals surface area contributed by atoms with E-state index < -0.39 is 0 Å². The number of piperidine rings is 1. The van der Waals surface area contributed by atoms with Crippen molar-refractivity contribution in [2.75, 3.05) is 13.6 Å². The van der Waals surface area contributed by atoms with E-state index in [4.69, 9.17) is 0 Å². The third-order valence-corrected chi connectivity index (χ3v) is 4.58. The topological polar surface area (TPSA) is 15.3 Å². The molecular weight excluding hydrogens is 295 g/mol. The highest BCUT2D eigenvalue weighted by molar-refractivity contribution is 9.10. The lowest BCUT2D eigenvalue weighted by molar-refractivity contribution is 0.168. The summed E-state index contributed by atoms with van der Waals surface area (Å²) < 4.78 is 14.5. The maximum Gasteiger partial charge on any atom is 0.128 e. The summed E-state index contributed by atoms with van der Waals surface area (Å²) in [5, 5.41) is 3.47. The van der Waals surface area contributed by atoms with Gasteiger partial charge in [-0.3, -0.25) is 0 Å². The van der Waals surface area contributed by atoms with Crippen LogP contribution < -0.4 is 5.32 Å². The van der Waals surface area contributed by atoms with Gasteiger partial charge in [0.1, 0.15) is 5.82 Å². The Morgan fingerprint density at radius 2 is 2.28 bits per heavy atom. The molecule has 0 saturated carbocycles. The monoisotopic (exact) mass is 314 g/mol. The van der Waals surface area contributed by atoms with E-state index in [0.29, 0.717) is 18.6 Å². The number of rotatable bonds is 3. The molecule has 0 bridgehead atoms. The molecule has 0 aliphatic carbocycles. The van der Waals surface area contributed by atoms with Gasteiger partial charge in [0.05, 0.1) is 0 Å². The third-order valence-electron chi connectivity index (χ3n) is 3.84. The van der Waals surface area contributed by atoms with Gasteiger partial charge in [-0.15, -0.1) is 0 Å². The number of hydrogen-bond donors (Lipinski definition) is 1. The minimum absolute atomic E-state index is 0.141. The maximum absolute atomic E-state index is 13.7. The van der Waals surface area contributed by atoms with Crippen LogP contribution in [0.1, 0.15) is 25.3 Å². The second-order valence-electron chi connectivity index (χ2n) is 5.13. The minimum Gasteiger partial charge on any atom is -0.310 e. The van der Waals surface area contributed by atoms with Gasteiger partial charge in [-0.25, -0.2) is 4.39 Å². The Balaban J connectivity index is 1.92. The van der Waals surface area contributed by atoms with Crippen LogP contribution in [0.2, 0.25) is 0 Å². The summed E-state index contributed by atoms with van der Waals surface area (Å²) in [7, 11) is 2.16. The quantitative estimate of drug-likeness (QED) is 0.922. The van der Waals surface area contributed by atoms with Crippen LogP contribution in [0.25, 0.3) is 0 Å². The van der Waals surface area contributed by atoms with Gasteiger partial charge >= 0.3 is 0 Å². The number of likely N-dealkylation sites (tertiary alicyclic amines) is 1. The van der Waals surface area contributed by atoms with E-state index in [-0.39, 0.29) is 5.82 Å². The summed E-state index contributed by atoms with van der Waals surface area (Å²) in [6, 6.07) is 6.21. The number of hydrogen-bond acceptors (Lipinski definition) is 2. The van der Waals surface area contributed by atoms with Gasteiger partial charge in [-0.1, -0.05) is 22.0 Å². The Labute approximate surface area is 117 Å². The zero-order valence-corrected chi connectivity index (χ0v) is 12.5. The SMILES string of the molecule is C[C@H]1C[C@@H](NCc2c(F)cccc2Br)CCN1C. The average Bonchev–Trinajstić information content (AvgIpc) is 2.33. The molecule has 1 aliphatic heterocycles. The van der Waals surface area contributed by atoms with Crippen LogP contribution in [0.3, 0.4) is 0 Å². The van der Waals surface area contributed by atoms with Crippen molar-refractivity contribution in [3.8, 4) is 0 Å². The first-order valence-corrected chi connectivity index (χ1v) is 7.23. The highest BCUT2D eigenvalue weighted by Gasteiger charge is 2.22. The van der Waals surface area contributed by atoms with Crippen LogP contribution in [-0.2, 0) is 6.54 Å². The first kappa shape index (κ1) is 14.0. The van der Waals surface area contributed by atoms with E-state index in [1.807, 2.05) is 6.07 Å². The molecule has 0 unspecified atom stereocenters. The normalized spacial score (nSPS) is 25.3. The predicted octanol–water partition coefficient (Wildman–Crippen LogP) is 3.16. The molecule has 1 saturated heterocycles. The van der Waals surface area contributed by atoms with E-state index in [1.165, 1.54) is 6.07 Å². The van der Waals surface area contributed by atoms with Crippen molar-refractivity contribution in [3.63, 3.8) is 0 Å². The van der Waals surface area contributed by atoms with Gasteiger partial charge in [-0.05, 0) is 45.5 Å². The van der Waals surface area contributed by atoms with Crippen LogP contribution in [-0.4, -0.2) is 30.6 Å². The number of benzene rings is 1. The summed E-state index contributed by atoms with van der Waals surface area (Å²) in [5.41, 5.74) is 0.726. The molecule has 0 aromatic heterocycles. The van der Waals surface area contributed by atoms with Crippen molar-refractivity contribution in [2.45, 2.75) is 38.4 Å². The van der Waals surface area contributed by atoms with Crippen LogP contribution in [0, 0.1) is 5.82 Å². The van der Waals surface area contributed by atoms with Gasteiger partial charge in [0, 0.05) is 28.7 Å². The van der Waals surface area contributed by atoms with E-state index in [2.05, 4.69) is 40.1 Å². The summed E-state index contributed by atoms with van der Waals surface area (Å²) >= 11 is 3.41. The molecule has 0 spiro atoms. The van der Waals surface area contributed by atoms with Gasteiger partial charge in [0.15, 0.2) is 0 Å². The Kier molecular flexibility index (Phi) is 4.76. The average molecular weight is 315 g/mol. The fourth-order valence-electron chi connectivity index (χ4n) is 2.42. The molecule has 18 heavy (non-hydrogen) atoms. The zero-order chi connectivity index (χ0) is 13.1. The second kappa shape index (κ2) is 6.13. The Bertz CT molecular complexity index is 391. The summed E-state index contributed by atoms with van der Waals surface area (Å²) in [6.07, 6.45) is 2.26. The molecule has 2 rings (SSSR count). The Morgan fingerprint density at radius 1 is 1.50 bits per heavy atom. The lowest BCUT2D eigenvalue weighted by Crippen LogP contribution is -2.45. The molecule has 2 atom stereocenters. The third kappa shape index (κ3) is 3.31. The van der Waals surface area contributed by atoms with Gasteiger partial charge in [0.2, 0.25) is 0 Å². The Hall–Kier alpha value is -0.450. The number of nitrogens with one attached hydrogen (secondary N) is 1. The zero-order valence-electron chi connectivity index (χ0n) is 10.9. The van der Waals surface area contributed by atoms with Crippen molar-refractivity contribution in [1.29, 1.82) is 0 Å². The second-order valence-corrected chi connectivity index (χ2v) is 5.99. The van der Waals surface area contributed by atoms with Crippen molar-refractivity contribution >= 4 is 15.9 Å². The Morgan fingerprint density at radius 3 is 2.94 bits per heavy atom. The molecule has 1 N–H and O–H groups in total. The fraction of sp³-hybridized carbons (Fsp3) is 0.571. The van der Waals surface area contributed by atoms with Gasteiger partial charge in [-0.2, -0.15) is 0 Å². The molecular formula is C14H20BrFN2. The lowest BCUT2D eigenvalue weighted by Gasteiger charge is -2.35. The molecule has 0 amide bonds. The molecule has 1 aromatic carbocycles. The van der Waals surface area contributed by atoms with E-state index in [9.17, 15) is 4.39 Å². The van der Waals surface area contributed by atoms with E-state index in [0.717, 1.165) is 29.4 Å². The predicted molar refractivity (Wildman–Crippen MR) is 76.1 cm³/mol. The highest BCUT2D eigenvalue weighted by atomic mass is 79.9. The van der Waals surface area contributed by atoms with Crippen molar-refractivity contribution < 1.29 is 4.39 Å². The molecule has 2 nitrogen and oxygen atoms in total. The number of halogens is 2. The summed E-state index contributed by atoms with van der Waals surface area (Å²) in [6.45, 7) is 3.94. The van der Waals surface area contributed by atoms with E-state index >= 15 is 0 Å². The van der Waals surface area contributed by atoms with Crippen LogP contribution in [0.4, 0.5) is 4.39 Å².